The quantitative estimate of drug-likeness (QED) is 0.412. The molecule has 142 valence electrons. The number of hydrogen-bond acceptors (Lipinski definition) is 5. The molecule has 1 amide bonds. The summed E-state index contributed by atoms with van der Waals surface area (Å²) in [5.41, 5.74) is 4.37. The molecule has 0 aliphatic carbocycles. The summed E-state index contributed by atoms with van der Waals surface area (Å²) in [6, 6.07) is 21.8. The van der Waals surface area contributed by atoms with E-state index in [0.29, 0.717) is 33.4 Å². The van der Waals surface area contributed by atoms with Crippen LogP contribution in [0.5, 0.6) is 5.75 Å². The number of rotatable bonds is 4. The Balaban J connectivity index is 1.51. The molecule has 6 heteroatoms. The molecule has 0 fully saturated rings. The fraction of sp³-hybridized carbons (Fsp3) is 0. The van der Waals surface area contributed by atoms with Gasteiger partial charge in [-0.3, -0.25) is 9.59 Å². The number of carbonyl (C=O) groups is 1. The van der Waals surface area contributed by atoms with Crippen LogP contribution in [0.4, 0.5) is 0 Å². The third-order valence-electron chi connectivity index (χ3n) is 4.37. The first-order valence-corrected chi connectivity index (χ1v) is 8.86. The summed E-state index contributed by atoms with van der Waals surface area (Å²) in [7, 11) is 0. The predicted octanol–water partition coefficient (Wildman–Crippen LogP) is 3.93. The molecule has 1 aromatic heterocycles. The molecule has 6 nitrogen and oxygen atoms in total. The second kappa shape index (κ2) is 7.82. The van der Waals surface area contributed by atoms with Crippen molar-refractivity contribution in [1.29, 1.82) is 0 Å². The number of para-hydroxylation sites is 2. The maximum absolute atomic E-state index is 12.2. The molecule has 3 aromatic carbocycles. The monoisotopic (exact) mass is 384 g/mol. The fourth-order valence-corrected chi connectivity index (χ4v) is 2.85. The van der Waals surface area contributed by atoms with Gasteiger partial charge in [0.1, 0.15) is 17.1 Å². The average Bonchev–Trinajstić information content (AvgIpc) is 2.75. The van der Waals surface area contributed by atoms with Crippen molar-refractivity contribution in [2.24, 2.45) is 5.10 Å². The van der Waals surface area contributed by atoms with Crippen LogP contribution in [-0.2, 0) is 0 Å². The second-order valence-electron chi connectivity index (χ2n) is 6.31. The number of nitrogens with zero attached hydrogens (tertiary/aromatic N) is 1. The van der Waals surface area contributed by atoms with E-state index in [4.69, 9.17) is 4.42 Å². The number of fused-ring (bicyclic) bond motifs is 1. The third kappa shape index (κ3) is 3.91. The Morgan fingerprint density at radius 2 is 1.69 bits per heavy atom. The maximum Gasteiger partial charge on any atom is 0.271 e. The molecule has 0 radical (unpaired) electrons. The molecule has 1 heterocycles. The smallest absolute Gasteiger partial charge is 0.271 e. The Morgan fingerprint density at radius 1 is 0.966 bits per heavy atom. The summed E-state index contributed by atoms with van der Waals surface area (Å²) in [6.45, 7) is 0. The molecule has 0 saturated heterocycles. The Labute approximate surface area is 165 Å². The molecular weight excluding hydrogens is 368 g/mol. The maximum atomic E-state index is 12.2. The van der Waals surface area contributed by atoms with E-state index in [1.54, 1.807) is 66.7 Å². The van der Waals surface area contributed by atoms with Gasteiger partial charge in [0.25, 0.3) is 5.91 Å². The molecule has 0 bridgehead atoms. The topological polar surface area (TPSA) is 91.9 Å². The van der Waals surface area contributed by atoms with Crippen molar-refractivity contribution in [2.75, 3.05) is 0 Å². The lowest BCUT2D eigenvalue weighted by molar-refractivity contribution is 0.0955. The van der Waals surface area contributed by atoms with Gasteiger partial charge in [0, 0.05) is 22.8 Å². The minimum atomic E-state index is -0.400. The van der Waals surface area contributed by atoms with Crippen molar-refractivity contribution in [3.05, 3.63) is 100 Å². The van der Waals surface area contributed by atoms with Crippen LogP contribution >= 0.6 is 0 Å². The zero-order valence-corrected chi connectivity index (χ0v) is 15.2. The van der Waals surface area contributed by atoms with Gasteiger partial charge in [0.2, 0.25) is 0 Å². The molecule has 4 aromatic rings. The first kappa shape index (κ1) is 18.2. The van der Waals surface area contributed by atoms with Gasteiger partial charge < -0.3 is 9.52 Å². The van der Waals surface area contributed by atoms with Gasteiger partial charge in [-0.1, -0.05) is 36.4 Å². The molecule has 29 heavy (non-hydrogen) atoms. The van der Waals surface area contributed by atoms with Crippen molar-refractivity contribution >= 4 is 23.1 Å². The van der Waals surface area contributed by atoms with E-state index < -0.39 is 5.91 Å². The van der Waals surface area contributed by atoms with Crippen molar-refractivity contribution in [3.8, 4) is 17.1 Å². The van der Waals surface area contributed by atoms with Crippen molar-refractivity contribution in [1.82, 2.24) is 5.43 Å². The highest BCUT2D eigenvalue weighted by molar-refractivity contribution is 5.95. The van der Waals surface area contributed by atoms with Crippen molar-refractivity contribution < 1.29 is 14.3 Å². The Hall–Kier alpha value is -4.19. The lowest BCUT2D eigenvalue weighted by Gasteiger charge is -2.05. The number of nitrogens with one attached hydrogen (secondary N) is 1. The molecule has 0 saturated carbocycles. The Morgan fingerprint density at radius 3 is 2.48 bits per heavy atom. The fourth-order valence-electron chi connectivity index (χ4n) is 2.85. The van der Waals surface area contributed by atoms with Crippen LogP contribution in [0.3, 0.4) is 0 Å². The summed E-state index contributed by atoms with van der Waals surface area (Å²) < 4.78 is 5.81. The van der Waals surface area contributed by atoms with E-state index >= 15 is 0 Å². The number of phenolic OH excluding ortho intramolecular Hbond substituents is 1. The number of hydrogen-bond donors (Lipinski definition) is 2. The van der Waals surface area contributed by atoms with Gasteiger partial charge in [-0.15, -0.1) is 0 Å². The first-order chi connectivity index (χ1) is 14.1. The minimum Gasteiger partial charge on any atom is -0.507 e. The normalized spacial score (nSPS) is 11.0. The number of aromatic hydroxyl groups is 1. The van der Waals surface area contributed by atoms with Crippen molar-refractivity contribution in [3.63, 3.8) is 0 Å². The van der Waals surface area contributed by atoms with E-state index in [1.807, 2.05) is 0 Å². The van der Waals surface area contributed by atoms with Crippen LogP contribution in [-0.4, -0.2) is 17.2 Å². The molecular formula is C23H16N2O4. The molecule has 2 N–H and O–H groups in total. The summed E-state index contributed by atoms with van der Waals surface area (Å²) in [6.07, 6.45) is 1.37. The molecule has 0 atom stereocenters. The van der Waals surface area contributed by atoms with Gasteiger partial charge in [-0.25, -0.2) is 5.43 Å². The highest BCUT2D eigenvalue weighted by Gasteiger charge is 2.09. The minimum absolute atomic E-state index is 0.0757. The van der Waals surface area contributed by atoms with Gasteiger partial charge >= 0.3 is 0 Å². The summed E-state index contributed by atoms with van der Waals surface area (Å²) in [5, 5.41) is 14.1. The number of amides is 1. The predicted molar refractivity (Wildman–Crippen MR) is 111 cm³/mol. The van der Waals surface area contributed by atoms with Gasteiger partial charge in [-0.2, -0.15) is 5.10 Å². The Bertz CT molecular complexity index is 1270. The van der Waals surface area contributed by atoms with E-state index in [-0.39, 0.29) is 11.2 Å². The van der Waals surface area contributed by atoms with Crippen LogP contribution in [0.2, 0.25) is 0 Å². The summed E-state index contributed by atoms with van der Waals surface area (Å²) >= 11 is 0. The van der Waals surface area contributed by atoms with Gasteiger partial charge in [0.15, 0.2) is 5.43 Å². The number of phenols is 1. The summed E-state index contributed by atoms with van der Waals surface area (Å²) in [5.74, 6) is 0.105. The zero-order valence-electron chi connectivity index (χ0n) is 15.2. The number of benzene rings is 3. The van der Waals surface area contributed by atoms with Gasteiger partial charge in [-0.05, 0) is 36.4 Å². The standard InChI is InChI=1S/C23H16N2O4/c26-19-7-3-1-5-17(19)14-24-25-23(28)16-11-9-15(10-12-16)22-13-20(27)18-6-2-4-8-21(18)29-22/h1-14,26H,(H,25,28)/b24-14+. The Kier molecular flexibility index (Phi) is 4.90. The van der Waals surface area contributed by atoms with E-state index in [0.717, 1.165) is 0 Å². The SMILES string of the molecule is O=C(N/N=C/c1ccccc1O)c1ccc(-c2cc(=O)c3ccccc3o2)cc1. The van der Waals surface area contributed by atoms with E-state index in [2.05, 4.69) is 10.5 Å². The molecule has 0 aliphatic rings. The average molecular weight is 384 g/mol. The van der Waals surface area contributed by atoms with Gasteiger partial charge in [0.05, 0.1) is 11.6 Å². The third-order valence-corrected chi connectivity index (χ3v) is 4.37. The lowest BCUT2D eigenvalue weighted by atomic mass is 10.1. The highest BCUT2D eigenvalue weighted by Crippen LogP contribution is 2.22. The van der Waals surface area contributed by atoms with Crippen LogP contribution in [0.1, 0.15) is 15.9 Å². The van der Waals surface area contributed by atoms with E-state index in [9.17, 15) is 14.7 Å². The van der Waals surface area contributed by atoms with Crippen LogP contribution in [0.25, 0.3) is 22.3 Å². The number of hydrazone groups is 1. The largest absolute Gasteiger partial charge is 0.507 e. The molecule has 4 rings (SSSR count). The van der Waals surface area contributed by atoms with Crippen LogP contribution in [0.15, 0.2) is 93.2 Å². The molecule has 0 unspecified atom stereocenters. The zero-order chi connectivity index (χ0) is 20.2. The summed E-state index contributed by atoms with van der Waals surface area (Å²) in [4.78, 5) is 24.5. The number of carbonyl (C=O) groups excluding carboxylic acids is 1. The van der Waals surface area contributed by atoms with Crippen molar-refractivity contribution in [2.45, 2.75) is 0 Å². The van der Waals surface area contributed by atoms with E-state index in [1.165, 1.54) is 18.3 Å². The van der Waals surface area contributed by atoms with Crippen LogP contribution in [0, 0.1) is 0 Å². The highest BCUT2D eigenvalue weighted by atomic mass is 16.3. The molecule has 0 aliphatic heterocycles. The van der Waals surface area contributed by atoms with Crippen LogP contribution < -0.4 is 10.9 Å². The molecule has 0 spiro atoms. The lowest BCUT2D eigenvalue weighted by Crippen LogP contribution is -2.17. The second-order valence-corrected chi connectivity index (χ2v) is 6.31. The first-order valence-electron chi connectivity index (χ1n) is 8.86.